The Bertz CT molecular complexity index is 610. The molecule has 1 aromatic heterocycles. The molecule has 3 rings (SSSR count). The van der Waals surface area contributed by atoms with Crippen LogP contribution in [0.4, 0.5) is 14.6 Å². The van der Waals surface area contributed by atoms with Gasteiger partial charge >= 0.3 is 0 Å². The Labute approximate surface area is 116 Å². The number of aromatic nitrogens is 1. The van der Waals surface area contributed by atoms with Crippen LogP contribution in [-0.2, 0) is 0 Å². The Kier molecular flexibility index (Phi) is 3.60. The molecule has 3 nitrogen and oxygen atoms in total. The number of hydrogen-bond donors (Lipinski definition) is 1. The number of benzene rings is 1. The van der Waals surface area contributed by atoms with E-state index < -0.39 is 11.6 Å². The van der Waals surface area contributed by atoms with E-state index in [1.165, 1.54) is 6.07 Å². The monoisotopic (exact) mass is 275 g/mol. The van der Waals surface area contributed by atoms with Gasteiger partial charge in [-0.3, -0.25) is 0 Å². The van der Waals surface area contributed by atoms with Crippen molar-refractivity contribution in [3.63, 3.8) is 0 Å². The predicted molar refractivity (Wildman–Crippen MR) is 74.7 cm³/mol. The second kappa shape index (κ2) is 5.54. The normalized spacial score (nSPS) is 15.4. The quantitative estimate of drug-likeness (QED) is 0.912. The van der Waals surface area contributed by atoms with Crippen molar-refractivity contribution in [2.24, 2.45) is 0 Å². The lowest BCUT2D eigenvalue weighted by Crippen LogP contribution is -2.44. The Morgan fingerprint density at radius 1 is 1.05 bits per heavy atom. The first-order valence-electron chi connectivity index (χ1n) is 6.62. The molecular formula is C15H15F2N3. The molecule has 1 N–H and O–H groups in total. The van der Waals surface area contributed by atoms with Crippen LogP contribution >= 0.6 is 0 Å². The van der Waals surface area contributed by atoms with Crippen molar-refractivity contribution < 1.29 is 8.78 Å². The van der Waals surface area contributed by atoms with E-state index in [9.17, 15) is 8.78 Å². The van der Waals surface area contributed by atoms with E-state index in [0.717, 1.165) is 38.3 Å². The zero-order chi connectivity index (χ0) is 13.9. The van der Waals surface area contributed by atoms with Crippen molar-refractivity contribution in [1.29, 1.82) is 0 Å². The molecule has 1 aromatic carbocycles. The topological polar surface area (TPSA) is 28.2 Å². The van der Waals surface area contributed by atoms with E-state index in [1.807, 2.05) is 0 Å². The number of nitrogens with one attached hydrogen (secondary N) is 1. The summed E-state index contributed by atoms with van der Waals surface area (Å²) in [5.41, 5.74) is 0.887. The lowest BCUT2D eigenvalue weighted by atomic mass is 10.0. The highest BCUT2D eigenvalue weighted by Crippen LogP contribution is 2.31. The summed E-state index contributed by atoms with van der Waals surface area (Å²) in [7, 11) is 0. The van der Waals surface area contributed by atoms with E-state index >= 15 is 0 Å². The van der Waals surface area contributed by atoms with Crippen LogP contribution in [0.3, 0.4) is 0 Å². The maximum absolute atomic E-state index is 14.0. The van der Waals surface area contributed by atoms with Crippen LogP contribution in [0.15, 0.2) is 36.5 Å². The first-order chi connectivity index (χ1) is 9.75. The summed E-state index contributed by atoms with van der Waals surface area (Å²) in [4.78, 5) is 6.45. The fraction of sp³-hybridized carbons (Fsp3) is 0.267. The zero-order valence-corrected chi connectivity index (χ0v) is 10.9. The van der Waals surface area contributed by atoms with Gasteiger partial charge in [-0.1, -0.05) is 0 Å². The average Bonchev–Trinajstić information content (AvgIpc) is 2.51. The van der Waals surface area contributed by atoms with E-state index in [0.29, 0.717) is 11.4 Å². The third-order valence-electron chi connectivity index (χ3n) is 3.42. The molecule has 20 heavy (non-hydrogen) atoms. The zero-order valence-electron chi connectivity index (χ0n) is 10.9. The molecule has 0 aliphatic carbocycles. The standard InChI is InChI=1S/C15H15F2N3/c16-11-3-4-14(17)13(10-11)12-2-1-5-19-15(12)20-8-6-18-7-9-20/h1-5,10,18H,6-9H2. The van der Waals surface area contributed by atoms with Gasteiger partial charge in [-0.25, -0.2) is 13.8 Å². The molecule has 1 saturated heterocycles. The summed E-state index contributed by atoms with van der Waals surface area (Å²) in [5.74, 6) is -0.175. The van der Waals surface area contributed by atoms with Gasteiger partial charge in [0.05, 0.1) is 0 Å². The van der Waals surface area contributed by atoms with Crippen LogP contribution in [0.2, 0.25) is 0 Å². The molecule has 5 heteroatoms. The Hall–Kier alpha value is -2.01. The lowest BCUT2D eigenvalue weighted by Gasteiger charge is -2.30. The summed E-state index contributed by atoms with van der Waals surface area (Å²) in [6, 6.07) is 7.02. The van der Waals surface area contributed by atoms with Gasteiger partial charge in [-0.15, -0.1) is 0 Å². The Balaban J connectivity index is 2.07. The van der Waals surface area contributed by atoms with E-state index in [2.05, 4.69) is 15.2 Å². The molecular weight excluding hydrogens is 260 g/mol. The van der Waals surface area contributed by atoms with Crippen LogP contribution in [0.5, 0.6) is 0 Å². The van der Waals surface area contributed by atoms with Gasteiger partial charge in [-0.05, 0) is 30.3 Å². The maximum Gasteiger partial charge on any atom is 0.136 e. The third kappa shape index (κ3) is 2.49. The fourth-order valence-electron chi connectivity index (χ4n) is 2.44. The molecule has 2 aromatic rings. The number of nitrogens with zero attached hydrogens (tertiary/aromatic N) is 2. The van der Waals surface area contributed by atoms with Gasteiger partial charge in [0.15, 0.2) is 0 Å². The van der Waals surface area contributed by atoms with Gasteiger partial charge in [0.25, 0.3) is 0 Å². The number of rotatable bonds is 2. The van der Waals surface area contributed by atoms with Gasteiger partial charge in [0, 0.05) is 43.5 Å². The molecule has 0 bridgehead atoms. The SMILES string of the molecule is Fc1ccc(F)c(-c2cccnc2N2CCNCC2)c1. The molecule has 104 valence electrons. The van der Waals surface area contributed by atoms with Gasteiger partial charge in [-0.2, -0.15) is 0 Å². The molecule has 0 amide bonds. The minimum atomic E-state index is -0.448. The predicted octanol–water partition coefficient (Wildman–Crippen LogP) is 2.44. The Morgan fingerprint density at radius 2 is 1.85 bits per heavy atom. The first kappa shape index (κ1) is 13.0. The smallest absolute Gasteiger partial charge is 0.136 e. The maximum atomic E-state index is 14.0. The third-order valence-corrected chi connectivity index (χ3v) is 3.42. The number of piperazine rings is 1. The minimum Gasteiger partial charge on any atom is -0.354 e. The first-order valence-corrected chi connectivity index (χ1v) is 6.62. The van der Waals surface area contributed by atoms with E-state index in [4.69, 9.17) is 0 Å². The van der Waals surface area contributed by atoms with Crippen molar-refractivity contribution in [1.82, 2.24) is 10.3 Å². The fourth-order valence-corrected chi connectivity index (χ4v) is 2.44. The second-order valence-corrected chi connectivity index (χ2v) is 4.74. The highest BCUT2D eigenvalue weighted by atomic mass is 19.1. The molecule has 0 saturated carbocycles. The van der Waals surface area contributed by atoms with E-state index in [-0.39, 0.29) is 5.56 Å². The molecule has 0 unspecified atom stereocenters. The highest BCUT2D eigenvalue weighted by molar-refractivity contribution is 5.76. The van der Waals surface area contributed by atoms with Crippen LogP contribution in [0, 0.1) is 11.6 Å². The summed E-state index contributed by atoms with van der Waals surface area (Å²) in [6.45, 7) is 3.34. The number of pyridine rings is 1. The van der Waals surface area contributed by atoms with Crippen molar-refractivity contribution >= 4 is 5.82 Å². The number of anilines is 1. The molecule has 0 spiro atoms. The van der Waals surface area contributed by atoms with Crippen LogP contribution in [0.1, 0.15) is 0 Å². The van der Waals surface area contributed by atoms with Crippen LogP contribution < -0.4 is 10.2 Å². The lowest BCUT2D eigenvalue weighted by molar-refractivity contribution is 0.584. The summed E-state index contributed by atoms with van der Waals surface area (Å²) < 4.78 is 27.4. The van der Waals surface area contributed by atoms with Crippen molar-refractivity contribution in [3.05, 3.63) is 48.2 Å². The van der Waals surface area contributed by atoms with E-state index in [1.54, 1.807) is 18.3 Å². The largest absolute Gasteiger partial charge is 0.354 e. The number of halogens is 2. The Morgan fingerprint density at radius 3 is 2.65 bits per heavy atom. The molecule has 2 heterocycles. The molecule has 0 atom stereocenters. The molecule has 1 aliphatic rings. The highest BCUT2D eigenvalue weighted by Gasteiger charge is 2.18. The number of hydrogen-bond acceptors (Lipinski definition) is 3. The van der Waals surface area contributed by atoms with Crippen molar-refractivity contribution in [2.45, 2.75) is 0 Å². The molecule has 1 fully saturated rings. The average molecular weight is 275 g/mol. The van der Waals surface area contributed by atoms with Crippen molar-refractivity contribution in [3.8, 4) is 11.1 Å². The van der Waals surface area contributed by atoms with Crippen LogP contribution in [-0.4, -0.2) is 31.2 Å². The second-order valence-electron chi connectivity index (χ2n) is 4.74. The van der Waals surface area contributed by atoms with Gasteiger partial charge < -0.3 is 10.2 Å². The molecule has 0 radical (unpaired) electrons. The summed E-state index contributed by atoms with van der Waals surface area (Å²) >= 11 is 0. The van der Waals surface area contributed by atoms with Crippen molar-refractivity contribution in [2.75, 3.05) is 31.1 Å². The summed E-state index contributed by atoms with van der Waals surface area (Å²) in [5, 5.41) is 3.26. The van der Waals surface area contributed by atoms with Crippen LogP contribution in [0.25, 0.3) is 11.1 Å². The molecule has 1 aliphatic heterocycles. The minimum absolute atomic E-state index is 0.256. The van der Waals surface area contributed by atoms with Gasteiger partial charge in [0.1, 0.15) is 17.5 Å². The van der Waals surface area contributed by atoms with Gasteiger partial charge in [0.2, 0.25) is 0 Å². The summed E-state index contributed by atoms with van der Waals surface area (Å²) in [6.07, 6.45) is 1.68.